The summed E-state index contributed by atoms with van der Waals surface area (Å²) in [5.41, 5.74) is 2.99. The standard InChI is InChI=1S/C25H24Cl3NO4/c1-3-31-23-11-18(14-29-20-9-6-16(7-10-20)25(30)32-4-2)22(28)13-24(23)33-15-17-5-8-19(26)12-21(17)27/h5-13,29H,3-4,14-15H2,1-2H3. The van der Waals surface area contributed by atoms with E-state index in [0.717, 1.165) is 16.8 Å². The summed E-state index contributed by atoms with van der Waals surface area (Å²) in [7, 11) is 0. The van der Waals surface area contributed by atoms with Crippen molar-refractivity contribution in [3.8, 4) is 11.5 Å². The highest BCUT2D eigenvalue weighted by Crippen LogP contribution is 2.35. The highest BCUT2D eigenvalue weighted by atomic mass is 35.5. The molecule has 0 heterocycles. The molecule has 3 aromatic rings. The van der Waals surface area contributed by atoms with Crippen LogP contribution in [0, 0.1) is 0 Å². The minimum atomic E-state index is -0.344. The molecule has 8 heteroatoms. The third-order valence-electron chi connectivity index (χ3n) is 4.69. The number of ether oxygens (including phenoxy) is 3. The molecule has 3 aromatic carbocycles. The summed E-state index contributed by atoms with van der Waals surface area (Å²) < 4.78 is 16.7. The maximum atomic E-state index is 11.8. The Morgan fingerprint density at radius 2 is 1.52 bits per heavy atom. The fraction of sp³-hybridized carbons (Fsp3) is 0.240. The first-order chi connectivity index (χ1) is 15.9. The van der Waals surface area contributed by atoms with Gasteiger partial charge in [-0.3, -0.25) is 0 Å². The fourth-order valence-corrected chi connectivity index (χ4v) is 3.71. The van der Waals surface area contributed by atoms with Crippen molar-refractivity contribution in [1.29, 1.82) is 0 Å². The Bertz CT molecular complexity index is 1100. The molecule has 1 N–H and O–H groups in total. The maximum absolute atomic E-state index is 11.8. The molecule has 0 bridgehead atoms. The maximum Gasteiger partial charge on any atom is 0.338 e. The summed E-state index contributed by atoms with van der Waals surface area (Å²) in [4.78, 5) is 11.8. The van der Waals surface area contributed by atoms with E-state index in [0.29, 0.717) is 51.9 Å². The number of hydrogen-bond acceptors (Lipinski definition) is 5. The monoisotopic (exact) mass is 507 g/mol. The van der Waals surface area contributed by atoms with Crippen LogP contribution in [-0.2, 0) is 17.9 Å². The Labute approximate surface area is 208 Å². The van der Waals surface area contributed by atoms with Gasteiger partial charge in [0.05, 0.1) is 18.8 Å². The van der Waals surface area contributed by atoms with Crippen LogP contribution in [0.5, 0.6) is 11.5 Å². The molecule has 5 nitrogen and oxygen atoms in total. The second-order valence-corrected chi connectivity index (χ2v) is 8.25. The van der Waals surface area contributed by atoms with Crippen molar-refractivity contribution >= 4 is 46.5 Å². The number of rotatable bonds is 10. The third kappa shape index (κ3) is 6.94. The molecule has 0 aliphatic carbocycles. The van der Waals surface area contributed by atoms with Crippen molar-refractivity contribution in [2.24, 2.45) is 0 Å². The smallest absolute Gasteiger partial charge is 0.338 e. The lowest BCUT2D eigenvalue weighted by Crippen LogP contribution is -2.06. The van der Waals surface area contributed by atoms with Gasteiger partial charge in [0, 0.05) is 38.9 Å². The van der Waals surface area contributed by atoms with Gasteiger partial charge in [-0.15, -0.1) is 0 Å². The molecule has 0 aliphatic rings. The molecule has 0 saturated carbocycles. The predicted molar refractivity (Wildman–Crippen MR) is 133 cm³/mol. The quantitative estimate of drug-likeness (QED) is 0.289. The lowest BCUT2D eigenvalue weighted by Gasteiger charge is -2.16. The number of carbonyl (C=O) groups excluding carboxylic acids is 1. The Kier molecular flexibility index (Phi) is 9.12. The van der Waals surface area contributed by atoms with Gasteiger partial charge < -0.3 is 19.5 Å². The lowest BCUT2D eigenvalue weighted by atomic mass is 10.1. The zero-order chi connectivity index (χ0) is 23.8. The van der Waals surface area contributed by atoms with Crippen LogP contribution in [0.15, 0.2) is 54.6 Å². The second-order valence-electron chi connectivity index (χ2n) is 7.00. The normalized spacial score (nSPS) is 10.6. The molecular weight excluding hydrogens is 485 g/mol. The number of halogens is 3. The first kappa shape index (κ1) is 25.0. The summed E-state index contributed by atoms with van der Waals surface area (Å²) in [6.07, 6.45) is 0. The van der Waals surface area contributed by atoms with E-state index in [1.165, 1.54) is 0 Å². The molecule has 33 heavy (non-hydrogen) atoms. The van der Waals surface area contributed by atoms with Gasteiger partial charge in [-0.05, 0) is 61.9 Å². The van der Waals surface area contributed by atoms with Crippen molar-refractivity contribution in [1.82, 2.24) is 0 Å². The van der Waals surface area contributed by atoms with Crippen molar-refractivity contribution in [2.75, 3.05) is 18.5 Å². The van der Waals surface area contributed by atoms with Crippen molar-refractivity contribution < 1.29 is 19.0 Å². The molecule has 0 unspecified atom stereocenters. The van der Waals surface area contributed by atoms with Gasteiger partial charge >= 0.3 is 5.97 Å². The molecule has 0 spiro atoms. The van der Waals surface area contributed by atoms with E-state index < -0.39 is 0 Å². The van der Waals surface area contributed by atoms with Gasteiger partial charge in [0.2, 0.25) is 0 Å². The van der Waals surface area contributed by atoms with Crippen LogP contribution in [0.1, 0.15) is 35.3 Å². The van der Waals surface area contributed by atoms with Gasteiger partial charge in [-0.2, -0.15) is 0 Å². The summed E-state index contributed by atoms with van der Waals surface area (Å²) in [6, 6.07) is 15.9. The Morgan fingerprint density at radius 3 is 2.18 bits per heavy atom. The van der Waals surface area contributed by atoms with Crippen LogP contribution in [0.2, 0.25) is 15.1 Å². The van der Waals surface area contributed by atoms with E-state index in [9.17, 15) is 4.79 Å². The average molecular weight is 509 g/mol. The lowest BCUT2D eigenvalue weighted by molar-refractivity contribution is 0.0526. The fourth-order valence-electron chi connectivity index (χ4n) is 3.02. The summed E-state index contributed by atoms with van der Waals surface area (Å²) in [6.45, 7) is 5.19. The molecule has 0 aliphatic heterocycles. The van der Waals surface area contributed by atoms with Crippen LogP contribution in [0.3, 0.4) is 0 Å². The van der Waals surface area contributed by atoms with Crippen molar-refractivity contribution in [3.05, 3.63) is 86.4 Å². The Balaban J connectivity index is 1.70. The number of hydrogen-bond donors (Lipinski definition) is 1. The Hall–Kier alpha value is -2.60. The summed E-state index contributed by atoms with van der Waals surface area (Å²) in [5, 5.41) is 4.92. The van der Waals surface area contributed by atoms with Crippen LogP contribution in [0.4, 0.5) is 5.69 Å². The van der Waals surface area contributed by atoms with E-state index in [2.05, 4.69) is 5.32 Å². The van der Waals surface area contributed by atoms with Gasteiger partial charge in [0.25, 0.3) is 0 Å². The van der Waals surface area contributed by atoms with E-state index in [1.54, 1.807) is 37.3 Å². The van der Waals surface area contributed by atoms with Crippen LogP contribution in [-0.4, -0.2) is 19.2 Å². The number of esters is 1. The largest absolute Gasteiger partial charge is 0.490 e. The number of anilines is 1. The van der Waals surface area contributed by atoms with Crippen molar-refractivity contribution in [3.63, 3.8) is 0 Å². The van der Waals surface area contributed by atoms with E-state index in [1.807, 2.05) is 31.2 Å². The molecule has 0 radical (unpaired) electrons. The molecule has 0 amide bonds. The minimum absolute atomic E-state index is 0.247. The minimum Gasteiger partial charge on any atom is -0.490 e. The SMILES string of the molecule is CCOC(=O)c1ccc(NCc2cc(OCC)c(OCc3ccc(Cl)cc3Cl)cc2Cl)cc1. The first-order valence-electron chi connectivity index (χ1n) is 10.4. The summed E-state index contributed by atoms with van der Waals surface area (Å²) in [5.74, 6) is 0.765. The predicted octanol–water partition coefficient (Wildman–Crippen LogP) is 7.41. The number of nitrogens with one attached hydrogen (secondary N) is 1. The molecule has 0 saturated heterocycles. The molecular formula is C25H24Cl3NO4. The summed E-state index contributed by atoms with van der Waals surface area (Å²) >= 11 is 18.7. The van der Waals surface area contributed by atoms with E-state index >= 15 is 0 Å². The molecule has 174 valence electrons. The zero-order valence-electron chi connectivity index (χ0n) is 18.3. The van der Waals surface area contributed by atoms with Crippen LogP contribution >= 0.6 is 34.8 Å². The molecule has 3 rings (SSSR count). The molecule has 0 fully saturated rings. The van der Waals surface area contributed by atoms with Gasteiger partial charge in [0.1, 0.15) is 6.61 Å². The second kappa shape index (κ2) is 12.0. The van der Waals surface area contributed by atoms with Gasteiger partial charge in [-0.25, -0.2) is 4.79 Å². The first-order valence-corrected chi connectivity index (χ1v) is 11.6. The Morgan fingerprint density at radius 1 is 0.818 bits per heavy atom. The average Bonchev–Trinajstić information content (AvgIpc) is 2.79. The number of benzene rings is 3. The topological polar surface area (TPSA) is 56.8 Å². The van der Waals surface area contributed by atoms with Crippen LogP contribution < -0.4 is 14.8 Å². The van der Waals surface area contributed by atoms with Gasteiger partial charge in [0.15, 0.2) is 11.5 Å². The molecule has 0 aromatic heterocycles. The molecule has 0 atom stereocenters. The highest BCUT2D eigenvalue weighted by molar-refractivity contribution is 6.35. The van der Waals surface area contributed by atoms with E-state index in [4.69, 9.17) is 49.0 Å². The third-order valence-corrected chi connectivity index (χ3v) is 5.63. The highest BCUT2D eigenvalue weighted by Gasteiger charge is 2.13. The van der Waals surface area contributed by atoms with Crippen LogP contribution in [0.25, 0.3) is 0 Å². The van der Waals surface area contributed by atoms with Crippen molar-refractivity contribution in [2.45, 2.75) is 27.0 Å². The zero-order valence-corrected chi connectivity index (χ0v) is 20.6. The van der Waals surface area contributed by atoms with Gasteiger partial charge in [-0.1, -0.05) is 40.9 Å². The number of carbonyl (C=O) groups is 1. The van der Waals surface area contributed by atoms with E-state index in [-0.39, 0.29) is 12.6 Å².